The fourth-order valence-electron chi connectivity index (χ4n) is 2.86. The van der Waals surface area contributed by atoms with Crippen molar-refractivity contribution in [1.82, 2.24) is 14.7 Å². The van der Waals surface area contributed by atoms with Crippen molar-refractivity contribution in [2.75, 3.05) is 13.1 Å². The molecule has 0 N–H and O–H groups in total. The summed E-state index contributed by atoms with van der Waals surface area (Å²) in [6.07, 6.45) is 6.03. The van der Waals surface area contributed by atoms with E-state index in [2.05, 4.69) is 5.10 Å². The molecule has 7 heteroatoms. The van der Waals surface area contributed by atoms with E-state index in [0.29, 0.717) is 5.39 Å². The summed E-state index contributed by atoms with van der Waals surface area (Å²) in [6, 6.07) is 4.57. The van der Waals surface area contributed by atoms with Gasteiger partial charge in [0.2, 0.25) is 5.91 Å². The lowest BCUT2D eigenvalue weighted by molar-refractivity contribution is -0.384. The van der Waals surface area contributed by atoms with E-state index in [4.69, 9.17) is 0 Å². The predicted octanol–water partition coefficient (Wildman–Crippen LogP) is 2.35. The quantitative estimate of drug-likeness (QED) is 0.643. The third kappa shape index (κ3) is 2.93. The maximum atomic E-state index is 12.4. The van der Waals surface area contributed by atoms with E-state index >= 15 is 0 Å². The maximum absolute atomic E-state index is 12.4. The van der Waals surface area contributed by atoms with E-state index in [1.165, 1.54) is 25.0 Å². The van der Waals surface area contributed by atoms with Crippen molar-refractivity contribution in [2.24, 2.45) is 0 Å². The SMILES string of the molecule is O=C(Cn1ncc2cc([N+](=O)[O-])ccc21)N1CCCCCC1. The first-order valence-electron chi connectivity index (χ1n) is 7.53. The van der Waals surface area contributed by atoms with E-state index in [0.717, 1.165) is 31.4 Å². The van der Waals surface area contributed by atoms with Crippen LogP contribution in [0.1, 0.15) is 25.7 Å². The molecule has 1 aromatic heterocycles. The molecule has 3 rings (SSSR count). The Kier molecular flexibility index (Phi) is 4.04. The highest BCUT2D eigenvalue weighted by atomic mass is 16.6. The molecule has 116 valence electrons. The maximum Gasteiger partial charge on any atom is 0.270 e. The number of fused-ring (bicyclic) bond motifs is 1. The summed E-state index contributed by atoms with van der Waals surface area (Å²) >= 11 is 0. The lowest BCUT2D eigenvalue weighted by Crippen LogP contribution is -2.34. The molecule has 1 saturated heterocycles. The molecule has 0 aliphatic carbocycles. The van der Waals surface area contributed by atoms with Gasteiger partial charge in [-0.25, -0.2) is 0 Å². The zero-order chi connectivity index (χ0) is 15.5. The number of aromatic nitrogens is 2. The molecule has 7 nitrogen and oxygen atoms in total. The molecular formula is C15H18N4O3. The summed E-state index contributed by atoms with van der Waals surface area (Å²) < 4.78 is 1.62. The Hall–Kier alpha value is -2.44. The minimum atomic E-state index is -0.431. The number of nitro benzene ring substituents is 1. The molecule has 0 bridgehead atoms. The highest BCUT2D eigenvalue weighted by Gasteiger charge is 2.17. The molecule has 0 atom stereocenters. The first-order chi connectivity index (χ1) is 10.6. The van der Waals surface area contributed by atoms with Crippen molar-refractivity contribution in [2.45, 2.75) is 32.2 Å². The predicted molar refractivity (Wildman–Crippen MR) is 81.4 cm³/mol. The van der Waals surface area contributed by atoms with Crippen molar-refractivity contribution < 1.29 is 9.72 Å². The molecule has 0 saturated carbocycles. The Morgan fingerprint density at radius 3 is 2.64 bits per heavy atom. The molecule has 0 spiro atoms. The fourth-order valence-corrected chi connectivity index (χ4v) is 2.86. The lowest BCUT2D eigenvalue weighted by atomic mass is 10.2. The number of rotatable bonds is 3. The topological polar surface area (TPSA) is 81.3 Å². The number of amides is 1. The van der Waals surface area contributed by atoms with Gasteiger partial charge in [0.05, 0.1) is 16.6 Å². The van der Waals surface area contributed by atoms with Crippen LogP contribution in [0.4, 0.5) is 5.69 Å². The Balaban J connectivity index is 1.78. The minimum Gasteiger partial charge on any atom is -0.341 e. The first kappa shape index (κ1) is 14.5. The first-order valence-corrected chi connectivity index (χ1v) is 7.53. The monoisotopic (exact) mass is 302 g/mol. The van der Waals surface area contributed by atoms with Crippen molar-refractivity contribution in [1.29, 1.82) is 0 Å². The van der Waals surface area contributed by atoms with E-state index in [1.54, 1.807) is 16.9 Å². The van der Waals surface area contributed by atoms with E-state index in [9.17, 15) is 14.9 Å². The Bertz CT molecular complexity index is 702. The highest BCUT2D eigenvalue weighted by Crippen LogP contribution is 2.20. The Morgan fingerprint density at radius 2 is 1.95 bits per heavy atom. The van der Waals surface area contributed by atoms with E-state index in [-0.39, 0.29) is 18.1 Å². The van der Waals surface area contributed by atoms with Gasteiger partial charge >= 0.3 is 0 Å². The highest BCUT2D eigenvalue weighted by molar-refractivity contribution is 5.83. The summed E-state index contributed by atoms with van der Waals surface area (Å²) in [5.74, 6) is 0.0604. The number of hydrogen-bond donors (Lipinski definition) is 0. The van der Waals surface area contributed by atoms with Crippen LogP contribution in [0.3, 0.4) is 0 Å². The van der Waals surface area contributed by atoms with Gasteiger partial charge in [-0.3, -0.25) is 19.6 Å². The molecule has 1 aromatic carbocycles. The van der Waals surface area contributed by atoms with Gasteiger partial charge in [-0.05, 0) is 18.9 Å². The average molecular weight is 302 g/mol. The molecular weight excluding hydrogens is 284 g/mol. The van der Waals surface area contributed by atoms with Crippen molar-refractivity contribution in [3.8, 4) is 0 Å². The fraction of sp³-hybridized carbons (Fsp3) is 0.467. The van der Waals surface area contributed by atoms with Crippen LogP contribution in [0.2, 0.25) is 0 Å². The number of carbonyl (C=O) groups excluding carboxylic acids is 1. The molecule has 1 aliphatic heterocycles. The van der Waals surface area contributed by atoms with E-state index < -0.39 is 4.92 Å². The second-order valence-electron chi connectivity index (χ2n) is 5.60. The van der Waals surface area contributed by atoms with Crippen LogP contribution in [-0.2, 0) is 11.3 Å². The summed E-state index contributed by atoms with van der Waals surface area (Å²) in [6.45, 7) is 1.80. The smallest absolute Gasteiger partial charge is 0.270 e. The van der Waals surface area contributed by atoms with Gasteiger partial charge in [0.15, 0.2) is 0 Å². The lowest BCUT2D eigenvalue weighted by Gasteiger charge is -2.20. The minimum absolute atomic E-state index is 0.0332. The average Bonchev–Trinajstić information content (AvgIpc) is 2.73. The van der Waals surface area contributed by atoms with Gasteiger partial charge in [-0.15, -0.1) is 0 Å². The Labute approximate surface area is 127 Å². The third-order valence-electron chi connectivity index (χ3n) is 4.08. The van der Waals surface area contributed by atoms with Gasteiger partial charge in [-0.2, -0.15) is 5.10 Å². The summed E-state index contributed by atoms with van der Waals surface area (Å²) in [5, 5.41) is 15.7. The number of non-ortho nitro benzene ring substituents is 1. The molecule has 1 amide bonds. The van der Waals surface area contributed by atoms with Gasteiger partial charge in [0.1, 0.15) is 6.54 Å². The molecule has 0 radical (unpaired) electrons. The number of hydrogen-bond acceptors (Lipinski definition) is 4. The van der Waals surface area contributed by atoms with Crippen molar-refractivity contribution >= 4 is 22.5 Å². The van der Waals surface area contributed by atoms with Gasteiger partial charge in [0, 0.05) is 30.6 Å². The van der Waals surface area contributed by atoms with Crippen LogP contribution < -0.4 is 0 Å². The van der Waals surface area contributed by atoms with Gasteiger partial charge in [0.25, 0.3) is 5.69 Å². The standard InChI is InChI=1S/C15H18N4O3/c20-15(17-7-3-1-2-4-8-17)11-18-14-6-5-13(19(21)22)9-12(14)10-16-18/h5-6,9-10H,1-4,7-8,11H2. The normalized spacial score (nSPS) is 15.7. The summed E-state index contributed by atoms with van der Waals surface area (Å²) in [5.41, 5.74) is 0.777. The van der Waals surface area contributed by atoms with Crippen LogP contribution in [0, 0.1) is 10.1 Å². The van der Waals surface area contributed by atoms with Crippen LogP contribution in [0.25, 0.3) is 10.9 Å². The van der Waals surface area contributed by atoms with Crippen LogP contribution in [0.5, 0.6) is 0 Å². The van der Waals surface area contributed by atoms with Gasteiger partial charge < -0.3 is 4.90 Å². The number of carbonyl (C=O) groups is 1. The molecule has 2 aromatic rings. The molecule has 1 aliphatic rings. The number of likely N-dealkylation sites (tertiary alicyclic amines) is 1. The summed E-state index contributed by atoms with van der Waals surface area (Å²) in [7, 11) is 0. The number of benzene rings is 1. The molecule has 2 heterocycles. The van der Waals surface area contributed by atoms with Gasteiger partial charge in [-0.1, -0.05) is 12.8 Å². The molecule has 1 fully saturated rings. The van der Waals surface area contributed by atoms with Crippen molar-refractivity contribution in [3.63, 3.8) is 0 Å². The zero-order valence-corrected chi connectivity index (χ0v) is 12.3. The second-order valence-corrected chi connectivity index (χ2v) is 5.60. The number of nitro groups is 1. The van der Waals surface area contributed by atoms with E-state index in [1.807, 2.05) is 4.90 Å². The number of nitrogens with zero attached hydrogens (tertiary/aromatic N) is 4. The summed E-state index contributed by atoms with van der Waals surface area (Å²) in [4.78, 5) is 24.6. The third-order valence-corrected chi connectivity index (χ3v) is 4.08. The van der Waals surface area contributed by atoms with Crippen LogP contribution >= 0.6 is 0 Å². The molecule has 0 unspecified atom stereocenters. The zero-order valence-electron chi connectivity index (χ0n) is 12.3. The Morgan fingerprint density at radius 1 is 1.23 bits per heavy atom. The largest absolute Gasteiger partial charge is 0.341 e. The molecule has 22 heavy (non-hydrogen) atoms. The van der Waals surface area contributed by atoms with Crippen molar-refractivity contribution in [3.05, 3.63) is 34.5 Å². The van der Waals surface area contributed by atoms with Crippen LogP contribution in [-0.4, -0.2) is 38.6 Å². The van der Waals surface area contributed by atoms with Crippen LogP contribution in [0.15, 0.2) is 24.4 Å². The second kappa shape index (κ2) is 6.13.